The fraction of sp³-hybridized carbons (Fsp3) is 0.562. The molecule has 0 radical (unpaired) electrons. The summed E-state index contributed by atoms with van der Waals surface area (Å²) in [6.45, 7) is 7.22. The highest BCUT2D eigenvalue weighted by Crippen LogP contribution is 2.25. The van der Waals surface area contributed by atoms with Crippen molar-refractivity contribution in [2.75, 3.05) is 26.2 Å². The number of rotatable bonds is 5. The van der Waals surface area contributed by atoms with E-state index in [-0.39, 0.29) is 6.10 Å². The van der Waals surface area contributed by atoms with Crippen molar-refractivity contribution in [3.63, 3.8) is 0 Å². The molecule has 0 amide bonds. The number of hydrogen-bond acceptors (Lipinski definition) is 4. The third-order valence-electron chi connectivity index (χ3n) is 3.52. The molecule has 1 aromatic carbocycles. The van der Waals surface area contributed by atoms with Gasteiger partial charge in [0.15, 0.2) is 0 Å². The molecular formula is C16H24N2O3. The molecule has 1 fully saturated rings. The van der Waals surface area contributed by atoms with Gasteiger partial charge < -0.3 is 15.2 Å². The van der Waals surface area contributed by atoms with E-state index in [1.165, 1.54) is 0 Å². The molecule has 2 N–H and O–H groups in total. The summed E-state index contributed by atoms with van der Waals surface area (Å²) in [6.07, 6.45) is 1.04. The van der Waals surface area contributed by atoms with Crippen LogP contribution in [-0.2, 0) is 4.79 Å². The highest BCUT2D eigenvalue weighted by atomic mass is 16.5. The largest absolute Gasteiger partial charge is 0.491 e. The second-order valence-corrected chi connectivity index (χ2v) is 5.62. The lowest BCUT2D eigenvalue weighted by atomic mass is 10.0. The predicted molar refractivity (Wildman–Crippen MR) is 81.6 cm³/mol. The molecule has 1 heterocycles. The average molecular weight is 292 g/mol. The molecule has 0 bridgehead atoms. The number of aliphatic carboxylic acids is 1. The average Bonchev–Trinajstić information content (AvgIpc) is 2.67. The Morgan fingerprint density at radius 2 is 2.14 bits per heavy atom. The molecule has 0 aromatic heterocycles. The van der Waals surface area contributed by atoms with Gasteiger partial charge in [0.05, 0.1) is 6.10 Å². The molecular weight excluding hydrogens is 268 g/mol. The van der Waals surface area contributed by atoms with Crippen molar-refractivity contribution in [2.45, 2.75) is 32.4 Å². The topological polar surface area (TPSA) is 61.8 Å². The number of ether oxygens (including phenoxy) is 1. The van der Waals surface area contributed by atoms with E-state index in [0.29, 0.717) is 0 Å². The Morgan fingerprint density at radius 1 is 1.33 bits per heavy atom. The summed E-state index contributed by atoms with van der Waals surface area (Å²) in [4.78, 5) is 13.8. The molecule has 1 saturated heterocycles. The maximum absolute atomic E-state index is 11.7. The van der Waals surface area contributed by atoms with Crippen molar-refractivity contribution in [1.82, 2.24) is 10.2 Å². The normalized spacial score (nSPS) is 18.2. The predicted octanol–water partition coefficient (Wildman–Crippen LogP) is 1.89. The summed E-state index contributed by atoms with van der Waals surface area (Å²) in [5, 5.41) is 12.9. The molecule has 5 nitrogen and oxygen atoms in total. The summed E-state index contributed by atoms with van der Waals surface area (Å²) in [6, 6.07) is 6.83. The Bertz CT molecular complexity index is 468. The van der Waals surface area contributed by atoms with Crippen molar-refractivity contribution in [3.8, 4) is 5.75 Å². The zero-order valence-corrected chi connectivity index (χ0v) is 12.7. The van der Waals surface area contributed by atoms with Crippen molar-refractivity contribution >= 4 is 5.97 Å². The first kappa shape index (κ1) is 15.8. The molecule has 1 aliphatic rings. The zero-order valence-electron chi connectivity index (χ0n) is 12.7. The molecule has 1 aromatic rings. The number of carboxylic acid groups (broad SMARTS) is 1. The van der Waals surface area contributed by atoms with Crippen LogP contribution < -0.4 is 10.1 Å². The molecule has 0 spiro atoms. The molecule has 0 aliphatic carbocycles. The summed E-state index contributed by atoms with van der Waals surface area (Å²) >= 11 is 0. The zero-order chi connectivity index (χ0) is 15.2. The lowest BCUT2D eigenvalue weighted by molar-refractivity contribution is -0.143. The van der Waals surface area contributed by atoms with E-state index in [9.17, 15) is 9.90 Å². The summed E-state index contributed by atoms with van der Waals surface area (Å²) in [5.74, 6) is -0.0831. The quantitative estimate of drug-likeness (QED) is 0.868. The van der Waals surface area contributed by atoms with Crippen LogP contribution in [0.3, 0.4) is 0 Å². The van der Waals surface area contributed by atoms with Crippen LogP contribution in [0.15, 0.2) is 24.3 Å². The van der Waals surface area contributed by atoms with Crippen LogP contribution in [0.25, 0.3) is 0 Å². The first-order valence-corrected chi connectivity index (χ1v) is 7.52. The minimum Gasteiger partial charge on any atom is -0.491 e. The summed E-state index contributed by atoms with van der Waals surface area (Å²) in [5.41, 5.74) is 0.780. The van der Waals surface area contributed by atoms with Crippen LogP contribution in [0.1, 0.15) is 31.9 Å². The molecule has 0 saturated carbocycles. The monoisotopic (exact) mass is 292 g/mol. The van der Waals surface area contributed by atoms with Crippen LogP contribution in [0, 0.1) is 0 Å². The SMILES string of the molecule is CC(C)Oc1cccc(C(C(=O)O)N2CCCNCC2)c1. The van der Waals surface area contributed by atoms with Crippen LogP contribution in [0.2, 0.25) is 0 Å². The Balaban J connectivity index is 2.22. The molecule has 2 rings (SSSR count). The van der Waals surface area contributed by atoms with E-state index in [1.54, 1.807) is 0 Å². The molecule has 1 atom stereocenters. The van der Waals surface area contributed by atoms with Gasteiger partial charge in [0, 0.05) is 19.6 Å². The van der Waals surface area contributed by atoms with Crippen molar-refractivity contribution in [1.29, 1.82) is 0 Å². The fourth-order valence-corrected chi connectivity index (χ4v) is 2.66. The van der Waals surface area contributed by atoms with Gasteiger partial charge in [-0.25, -0.2) is 0 Å². The Kier molecular flexibility index (Phi) is 5.59. The molecule has 116 valence electrons. The number of nitrogens with one attached hydrogen (secondary N) is 1. The third-order valence-corrected chi connectivity index (χ3v) is 3.52. The lowest BCUT2D eigenvalue weighted by Gasteiger charge is -2.27. The maximum Gasteiger partial charge on any atom is 0.325 e. The van der Waals surface area contributed by atoms with Gasteiger partial charge in [0.25, 0.3) is 0 Å². The number of carboxylic acids is 1. The van der Waals surface area contributed by atoms with Gasteiger partial charge >= 0.3 is 5.97 Å². The summed E-state index contributed by atoms with van der Waals surface area (Å²) in [7, 11) is 0. The van der Waals surface area contributed by atoms with Crippen LogP contribution in [0.4, 0.5) is 0 Å². The Hall–Kier alpha value is -1.59. The first-order chi connectivity index (χ1) is 10.1. The Labute approximate surface area is 125 Å². The van der Waals surface area contributed by atoms with Gasteiger partial charge in [-0.1, -0.05) is 12.1 Å². The van der Waals surface area contributed by atoms with Gasteiger partial charge in [-0.3, -0.25) is 9.69 Å². The van der Waals surface area contributed by atoms with E-state index in [4.69, 9.17) is 4.74 Å². The molecule has 21 heavy (non-hydrogen) atoms. The number of nitrogens with zero attached hydrogens (tertiary/aromatic N) is 1. The van der Waals surface area contributed by atoms with Gasteiger partial charge in [-0.05, 0) is 44.5 Å². The third kappa shape index (κ3) is 4.44. The molecule has 5 heteroatoms. The van der Waals surface area contributed by atoms with Crippen molar-refractivity contribution < 1.29 is 14.6 Å². The molecule has 1 unspecified atom stereocenters. The van der Waals surface area contributed by atoms with Gasteiger partial charge in [0.1, 0.15) is 11.8 Å². The minimum atomic E-state index is -0.807. The van der Waals surface area contributed by atoms with Gasteiger partial charge in [-0.2, -0.15) is 0 Å². The smallest absolute Gasteiger partial charge is 0.325 e. The van der Waals surface area contributed by atoms with Crippen molar-refractivity contribution in [2.24, 2.45) is 0 Å². The molecule has 1 aliphatic heterocycles. The van der Waals surface area contributed by atoms with Gasteiger partial charge in [0.2, 0.25) is 0 Å². The van der Waals surface area contributed by atoms with Crippen molar-refractivity contribution in [3.05, 3.63) is 29.8 Å². The van der Waals surface area contributed by atoms with Gasteiger partial charge in [-0.15, -0.1) is 0 Å². The van der Waals surface area contributed by atoms with Crippen LogP contribution >= 0.6 is 0 Å². The summed E-state index contributed by atoms with van der Waals surface area (Å²) < 4.78 is 5.67. The number of hydrogen-bond donors (Lipinski definition) is 2. The van der Waals surface area contributed by atoms with Crippen LogP contribution in [0.5, 0.6) is 5.75 Å². The highest BCUT2D eigenvalue weighted by Gasteiger charge is 2.28. The maximum atomic E-state index is 11.7. The number of carbonyl (C=O) groups is 1. The van der Waals surface area contributed by atoms with Crippen LogP contribution in [-0.4, -0.2) is 48.3 Å². The van der Waals surface area contributed by atoms with E-state index in [1.807, 2.05) is 43.0 Å². The van der Waals surface area contributed by atoms with E-state index in [0.717, 1.165) is 43.9 Å². The lowest BCUT2D eigenvalue weighted by Crippen LogP contribution is -2.36. The fourth-order valence-electron chi connectivity index (χ4n) is 2.66. The minimum absolute atomic E-state index is 0.0749. The highest BCUT2D eigenvalue weighted by molar-refractivity contribution is 5.75. The standard InChI is InChI=1S/C16H24N2O3/c1-12(2)21-14-6-3-5-13(11-14)15(16(19)20)18-9-4-7-17-8-10-18/h3,5-6,11-12,15,17H,4,7-10H2,1-2H3,(H,19,20). The van der Waals surface area contributed by atoms with E-state index < -0.39 is 12.0 Å². The number of benzene rings is 1. The van der Waals surface area contributed by atoms with E-state index in [2.05, 4.69) is 5.32 Å². The Morgan fingerprint density at radius 3 is 2.86 bits per heavy atom. The first-order valence-electron chi connectivity index (χ1n) is 7.52. The second-order valence-electron chi connectivity index (χ2n) is 5.62. The second kappa shape index (κ2) is 7.43. The van der Waals surface area contributed by atoms with E-state index >= 15 is 0 Å².